The number of imide groups is 1. The Labute approximate surface area is 144 Å². The zero-order valence-corrected chi connectivity index (χ0v) is 13.0. The third kappa shape index (κ3) is 2.89. The monoisotopic (exact) mass is 367 g/mol. The first-order valence-electron chi connectivity index (χ1n) is 7.35. The maximum absolute atomic E-state index is 13.7. The molecule has 10 heteroatoms. The average molecular weight is 367 g/mol. The Balaban J connectivity index is 1.92. The summed E-state index contributed by atoms with van der Waals surface area (Å²) in [6.45, 7) is -0.503. The van der Waals surface area contributed by atoms with Crippen LogP contribution in [-0.4, -0.2) is 34.6 Å². The maximum Gasteiger partial charge on any atom is 0.440 e. The lowest BCUT2D eigenvalue weighted by Crippen LogP contribution is -2.69. The number of carbonyl (C=O) groups excluding carboxylic acids is 3. The maximum atomic E-state index is 13.7. The first-order valence-corrected chi connectivity index (χ1v) is 7.35. The lowest BCUT2D eigenvalue weighted by molar-refractivity contribution is -0.200. The van der Waals surface area contributed by atoms with Gasteiger partial charge in [0.05, 0.1) is 12.8 Å². The second kappa shape index (κ2) is 6.21. The summed E-state index contributed by atoms with van der Waals surface area (Å²) < 4.78 is 46.0. The van der Waals surface area contributed by atoms with E-state index in [-0.39, 0.29) is 11.3 Å². The zero-order valence-electron chi connectivity index (χ0n) is 13.0. The van der Waals surface area contributed by atoms with Crippen LogP contribution in [-0.2, 0) is 11.3 Å². The number of hydrogen-bond donors (Lipinski definition) is 2. The van der Waals surface area contributed by atoms with Crippen LogP contribution in [0.5, 0.6) is 0 Å². The van der Waals surface area contributed by atoms with Crippen molar-refractivity contribution in [1.82, 2.24) is 15.5 Å². The quantitative estimate of drug-likeness (QED) is 0.809. The van der Waals surface area contributed by atoms with Crippen molar-refractivity contribution in [3.8, 4) is 0 Å². The molecule has 0 radical (unpaired) electrons. The van der Waals surface area contributed by atoms with E-state index in [0.717, 1.165) is 0 Å². The van der Waals surface area contributed by atoms with Crippen molar-refractivity contribution in [2.24, 2.45) is 0 Å². The molecule has 1 aromatic carbocycles. The Hall–Kier alpha value is -3.30. The molecular formula is C16H12F3N3O4. The number of alkyl halides is 3. The molecule has 26 heavy (non-hydrogen) atoms. The summed E-state index contributed by atoms with van der Waals surface area (Å²) >= 11 is 0. The molecule has 1 fully saturated rings. The van der Waals surface area contributed by atoms with Gasteiger partial charge in [0.1, 0.15) is 5.76 Å². The van der Waals surface area contributed by atoms with Crippen LogP contribution in [0.25, 0.3) is 0 Å². The molecule has 2 heterocycles. The van der Waals surface area contributed by atoms with Crippen molar-refractivity contribution in [3.05, 3.63) is 60.1 Å². The van der Waals surface area contributed by atoms with Gasteiger partial charge in [-0.2, -0.15) is 13.2 Å². The zero-order chi connectivity index (χ0) is 18.9. The summed E-state index contributed by atoms with van der Waals surface area (Å²) in [5.41, 5.74) is -3.65. The van der Waals surface area contributed by atoms with Gasteiger partial charge in [-0.1, -0.05) is 18.2 Å². The Morgan fingerprint density at radius 3 is 2.42 bits per heavy atom. The number of nitrogens with zero attached hydrogens (tertiary/aromatic N) is 1. The SMILES string of the molecule is O=C(NC1(C(F)(F)F)NC(=O)N(Cc2ccco2)C1=O)c1ccccc1. The van der Waals surface area contributed by atoms with Crippen LogP contribution >= 0.6 is 0 Å². The molecule has 1 saturated heterocycles. The summed E-state index contributed by atoms with van der Waals surface area (Å²) in [4.78, 5) is 36.9. The number of hydrogen-bond acceptors (Lipinski definition) is 4. The van der Waals surface area contributed by atoms with Gasteiger partial charge in [-0.25, -0.2) is 4.79 Å². The minimum Gasteiger partial charge on any atom is -0.467 e. The molecule has 4 amide bonds. The van der Waals surface area contributed by atoms with Gasteiger partial charge in [0.2, 0.25) is 0 Å². The molecular weight excluding hydrogens is 355 g/mol. The fourth-order valence-electron chi connectivity index (χ4n) is 2.46. The number of urea groups is 1. The Bertz CT molecular complexity index is 836. The molecule has 0 bridgehead atoms. The van der Waals surface area contributed by atoms with E-state index >= 15 is 0 Å². The molecule has 1 atom stereocenters. The van der Waals surface area contributed by atoms with Crippen molar-refractivity contribution in [2.75, 3.05) is 0 Å². The fourth-order valence-corrected chi connectivity index (χ4v) is 2.46. The van der Waals surface area contributed by atoms with Crippen LogP contribution in [0.4, 0.5) is 18.0 Å². The van der Waals surface area contributed by atoms with Crippen LogP contribution in [0, 0.1) is 0 Å². The highest BCUT2D eigenvalue weighted by molar-refractivity contribution is 6.10. The minimum atomic E-state index is -5.26. The largest absolute Gasteiger partial charge is 0.467 e. The predicted molar refractivity (Wildman–Crippen MR) is 80.5 cm³/mol. The summed E-state index contributed by atoms with van der Waals surface area (Å²) in [6.07, 6.45) is -4.01. The lowest BCUT2D eigenvalue weighted by Gasteiger charge is -2.29. The molecule has 1 aliphatic rings. The third-order valence-electron chi connectivity index (χ3n) is 3.76. The van der Waals surface area contributed by atoms with E-state index in [1.807, 2.05) is 0 Å². The van der Waals surface area contributed by atoms with Gasteiger partial charge < -0.3 is 9.73 Å². The number of amides is 4. The fraction of sp³-hybridized carbons (Fsp3) is 0.188. The van der Waals surface area contributed by atoms with Crippen molar-refractivity contribution in [3.63, 3.8) is 0 Å². The molecule has 1 unspecified atom stereocenters. The third-order valence-corrected chi connectivity index (χ3v) is 3.76. The van der Waals surface area contributed by atoms with E-state index in [2.05, 4.69) is 0 Å². The Kier molecular flexibility index (Phi) is 4.18. The number of benzene rings is 1. The van der Waals surface area contributed by atoms with Crippen LogP contribution in [0.15, 0.2) is 53.1 Å². The van der Waals surface area contributed by atoms with E-state index in [1.54, 1.807) is 16.7 Å². The highest BCUT2D eigenvalue weighted by Crippen LogP contribution is 2.34. The predicted octanol–water partition coefficient (Wildman–Crippen LogP) is 2.02. The van der Waals surface area contributed by atoms with E-state index in [0.29, 0.717) is 4.90 Å². The van der Waals surface area contributed by atoms with Crippen molar-refractivity contribution in [1.29, 1.82) is 0 Å². The molecule has 0 spiro atoms. The number of furan rings is 1. The van der Waals surface area contributed by atoms with E-state index in [4.69, 9.17) is 4.42 Å². The molecule has 136 valence electrons. The Morgan fingerprint density at radius 1 is 1.15 bits per heavy atom. The van der Waals surface area contributed by atoms with E-state index < -0.39 is 36.2 Å². The molecule has 0 aliphatic carbocycles. The Morgan fingerprint density at radius 2 is 1.85 bits per heavy atom. The van der Waals surface area contributed by atoms with Crippen molar-refractivity contribution in [2.45, 2.75) is 18.4 Å². The normalized spacial score (nSPS) is 20.2. The number of halogens is 3. The molecule has 2 aromatic rings. The molecule has 1 aromatic heterocycles. The van der Waals surface area contributed by atoms with Crippen LogP contribution in [0.3, 0.4) is 0 Å². The van der Waals surface area contributed by atoms with E-state index in [9.17, 15) is 27.6 Å². The average Bonchev–Trinajstić information content (AvgIpc) is 3.18. The number of nitrogens with one attached hydrogen (secondary N) is 2. The standard InChI is InChI=1S/C16H12F3N3O4/c17-16(18,19)15(20-12(23)10-5-2-1-3-6-10)13(24)22(14(25)21-15)9-11-7-4-8-26-11/h1-8H,9H2,(H,20,23)(H,21,25). The first-order chi connectivity index (χ1) is 12.2. The molecule has 2 N–H and O–H groups in total. The number of carbonyl (C=O) groups is 3. The van der Waals surface area contributed by atoms with Gasteiger partial charge >= 0.3 is 12.2 Å². The number of rotatable bonds is 4. The van der Waals surface area contributed by atoms with E-state index in [1.165, 1.54) is 42.7 Å². The summed E-state index contributed by atoms with van der Waals surface area (Å²) in [6, 6.07) is 8.60. The van der Waals surface area contributed by atoms with Crippen LogP contribution < -0.4 is 10.6 Å². The van der Waals surface area contributed by atoms with Crippen LogP contribution in [0.2, 0.25) is 0 Å². The highest BCUT2D eigenvalue weighted by Gasteiger charge is 2.68. The first kappa shape index (κ1) is 17.5. The minimum absolute atomic E-state index is 0.0948. The van der Waals surface area contributed by atoms with Gasteiger partial charge in [0, 0.05) is 5.56 Å². The smallest absolute Gasteiger partial charge is 0.440 e. The van der Waals surface area contributed by atoms with Gasteiger partial charge in [-0.3, -0.25) is 19.8 Å². The second-order valence-electron chi connectivity index (χ2n) is 5.47. The lowest BCUT2D eigenvalue weighted by atomic mass is 10.1. The van der Waals surface area contributed by atoms with Crippen LogP contribution in [0.1, 0.15) is 16.1 Å². The summed E-state index contributed by atoms with van der Waals surface area (Å²) in [5.74, 6) is -2.69. The van der Waals surface area contributed by atoms with Gasteiger partial charge in [0.25, 0.3) is 17.5 Å². The highest BCUT2D eigenvalue weighted by atomic mass is 19.4. The summed E-state index contributed by atoms with van der Waals surface area (Å²) in [5, 5.41) is 3.18. The molecule has 1 aliphatic heterocycles. The topological polar surface area (TPSA) is 91.7 Å². The molecule has 0 saturated carbocycles. The van der Waals surface area contributed by atoms with Gasteiger partial charge in [0.15, 0.2) is 0 Å². The molecule has 3 rings (SSSR count). The van der Waals surface area contributed by atoms with Crippen molar-refractivity contribution >= 4 is 17.8 Å². The molecule has 7 nitrogen and oxygen atoms in total. The second-order valence-corrected chi connectivity index (χ2v) is 5.47. The summed E-state index contributed by atoms with van der Waals surface area (Å²) in [7, 11) is 0. The van der Waals surface area contributed by atoms with Crippen molar-refractivity contribution < 1.29 is 32.0 Å². The van der Waals surface area contributed by atoms with Gasteiger partial charge in [-0.15, -0.1) is 0 Å². The van der Waals surface area contributed by atoms with Gasteiger partial charge in [-0.05, 0) is 24.3 Å².